The maximum absolute atomic E-state index is 14.7. The number of morpholine rings is 1. The summed E-state index contributed by atoms with van der Waals surface area (Å²) in [6, 6.07) is 10.2. The van der Waals surface area contributed by atoms with Crippen LogP contribution in [0.25, 0.3) is 0 Å². The Morgan fingerprint density at radius 2 is 1.92 bits per heavy atom. The third-order valence-corrected chi connectivity index (χ3v) is 7.21. The molecule has 2 fully saturated rings. The van der Waals surface area contributed by atoms with Crippen molar-refractivity contribution in [2.75, 3.05) is 18.4 Å². The predicted molar refractivity (Wildman–Crippen MR) is 133 cm³/mol. The SMILES string of the molecule is CC1CN(Cc2ccc(F)c(CNc3cccc4c3CN(C3(O)CCC(=O)NC3=O)C4=O)c2)CC(C)O1. The van der Waals surface area contributed by atoms with E-state index in [9.17, 15) is 23.9 Å². The van der Waals surface area contributed by atoms with Crippen LogP contribution >= 0.6 is 0 Å². The predicted octanol–water partition coefficient (Wildman–Crippen LogP) is 2.13. The van der Waals surface area contributed by atoms with Crippen molar-refractivity contribution in [3.8, 4) is 0 Å². The van der Waals surface area contributed by atoms with E-state index < -0.39 is 23.4 Å². The topological polar surface area (TPSA) is 111 Å². The number of benzene rings is 2. The molecule has 0 aromatic heterocycles. The van der Waals surface area contributed by atoms with Crippen LogP contribution in [-0.4, -0.2) is 63.7 Å². The second-order valence-corrected chi connectivity index (χ2v) is 10.1. The quantitative estimate of drug-likeness (QED) is 0.511. The fourth-order valence-electron chi connectivity index (χ4n) is 5.47. The number of hydrogen-bond acceptors (Lipinski definition) is 7. The molecule has 3 N–H and O–H groups in total. The molecule has 3 atom stereocenters. The molecule has 3 heterocycles. The van der Waals surface area contributed by atoms with Crippen LogP contribution in [0.1, 0.15) is 53.7 Å². The second kappa shape index (κ2) is 9.85. The number of nitrogens with zero attached hydrogens (tertiary/aromatic N) is 2. The highest BCUT2D eigenvalue weighted by Crippen LogP contribution is 2.36. The van der Waals surface area contributed by atoms with E-state index in [-0.39, 0.29) is 44.0 Å². The molecule has 196 valence electrons. The van der Waals surface area contributed by atoms with Crippen LogP contribution in [-0.2, 0) is 34.0 Å². The fourth-order valence-corrected chi connectivity index (χ4v) is 5.47. The van der Waals surface area contributed by atoms with E-state index in [1.54, 1.807) is 24.3 Å². The fraction of sp³-hybridized carbons (Fsp3) is 0.444. The van der Waals surface area contributed by atoms with Crippen molar-refractivity contribution in [2.24, 2.45) is 0 Å². The van der Waals surface area contributed by atoms with Gasteiger partial charge in [-0.3, -0.25) is 29.5 Å². The molecule has 3 unspecified atom stereocenters. The lowest BCUT2D eigenvalue weighted by atomic mass is 10.00. The van der Waals surface area contributed by atoms with Gasteiger partial charge in [0.05, 0.1) is 18.8 Å². The average molecular weight is 511 g/mol. The van der Waals surface area contributed by atoms with Gasteiger partial charge < -0.3 is 15.2 Å². The van der Waals surface area contributed by atoms with Crippen LogP contribution in [0, 0.1) is 5.82 Å². The first-order chi connectivity index (χ1) is 17.6. The Labute approximate surface area is 214 Å². The van der Waals surface area contributed by atoms with Crippen molar-refractivity contribution < 1.29 is 28.6 Å². The van der Waals surface area contributed by atoms with Gasteiger partial charge in [0.15, 0.2) is 0 Å². The molecule has 0 aliphatic carbocycles. The van der Waals surface area contributed by atoms with Gasteiger partial charge >= 0.3 is 0 Å². The van der Waals surface area contributed by atoms with E-state index in [1.165, 1.54) is 6.07 Å². The summed E-state index contributed by atoms with van der Waals surface area (Å²) in [4.78, 5) is 40.4. The Morgan fingerprint density at radius 1 is 1.16 bits per heavy atom. The number of ether oxygens (including phenoxy) is 1. The summed E-state index contributed by atoms with van der Waals surface area (Å²) >= 11 is 0. The zero-order chi connectivity index (χ0) is 26.3. The molecule has 9 nitrogen and oxygen atoms in total. The molecular weight excluding hydrogens is 479 g/mol. The highest BCUT2D eigenvalue weighted by Gasteiger charge is 2.51. The summed E-state index contributed by atoms with van der Waals surface area (Å²) in [5.74, 6) is -2.21. The van der Waals surface area contributed by atoms with Crippen molar-refractivity contribution in [1.82, 2.24) is 15.1 Å². The number of piperidine rings is 1. The van der Waals surface area contributed by atoms with E-state index in [1.807, 2.05) is 19.9 Å². The van der Waals surface area contributed by atoms with Crippen LogP contribution in [0.3, 0.4) is 0 Å². The van der Waals surface area contributed by atoms with Gasteiger partial charge in [0.25, 0.3) is 11.8 Å². The number of hydrogen-bond donors (Lipinski definition) is 3. The van der Waals surface area contributed by atoms with Gasteiger partial charge in [0.2, 0.25) is 11.6 Å². The van der Waals surface area contributed by atoms with Gasteiger partial charge in [-0.1, -0.05) is 12.1 Å². The summed E-state index contributed by atoms with van der Waals surface area (Å²) in [6.45, 7) is 6.60. The number of nitrogens with one attached hydrogen (secondary N) is 2. The molecule has 3 aliphatic rings. The molecular formula is C27H31FN4O5. The zero-order valence-corrected chi connectivity index (χ0v) is 20.9. The van der Waals surface area contributed by atoms with Gasteiger partial charge in [0, 0.05) is 61.4 Å². The van der Waals surface area contributed by atoms with Crippen LogP contribution in [0.5, 0.6) is 0 Å². The summed E-state index contributed by atoms with van der Waals surface area (Å²) in [6.07, 6.45) is 0.0570. The van der Waals surface area contributed by atoms with Gasteiger partial charge in [-0.15, -0.1) is 0 Å². The lowest BCUT2D eigenvalue weighted by Crippen LogP contribution is -2.63. The number of anilines is 1. The molecule has 3 amide bonds. The van der Waals surface area contributed by atoms with E-state index in [0.717, 1.165) is 23.6 Å². The van der Waals surface area contributed by atoms with E-state index in [2.05, 4.69) is 15.5 Å². The molecule has 0 spiro atoms. The van der Waals surface area contributed by atoms with Crippen LogP contribution in [0.4, 0.5) is 10.1 Å². The molecule has 10 heteroatoms. The van der Waals surface area contributed by atoms with Crippen molar-refractivity contribution in [3.63, 3.8) is 0 Å². The first-order valence-electron chi connectivity index (χ1n) is 12.5. The van der Waals surface area contributed by atoms with E-state index in [4.69, 9.17) is 4.74 Å². The minimum Gasteiger partial charge on any atom is -0.381 e. The van der Waals surface area contributed by atoms with E-state index in [0.29, 0.717) is 28.9 Å². The largest absolute Gasteiger partial charge is 0.381 e. The molecule has 5 rings (SSSR count). The molecule has 2 aromatic rings. The van der Waals surface area contributed by atoms with Gasteiger partial charge in [-0.25, -0.2) is 4.39 Å². The Hall–Kier alpha value is -3.34. The Kier molecular flexibility index (Phi) is 6.74. The smallest absolute Gasteiger partial charge is 0.279 e. The number of rotatable bonds is 6. The van der Waals surface area contributed by atoms with Gasteiger partial charge in [-0.05, 0) is 43.7 Å². The monoisotopic (exact) mass is 510 g/mol. The number of carbonyl (C=O) groups is 3. The highest BCUT2D eigenvalue weighted by atomic mass is 19.1. The number of amides is 3. The number of fused-ring (bicyclic) bond motifs is 1. The average Bonchev–Trinajstić information content (AvgIpc) is 3.19. The first-order valence-corrected chi connectivity index (χ1v) is 12.5. The lowest BCUT2D eigenvalue weighted by Gasteiger charge is -2.37. The summed E-state index contributed by atoms with van der Waals surface area (Å²) in [5.41, 5.74) is 0.973. The summed E-state index contributed by atoms with van der Waals surface area (Å²) in [7, 11) is 0. The van der Waals surface area contributed by atoms with Crippen LogP contribution in [0.2, 0.25) is 0 Å². The van der Waals surface area contributed by atoms with Crippen molar-refractivity contribution in [1.29, 1.82) is 0 Å². The summed E-state index contributed by atoms with van der Waals surface area (Å²) < 4.78 is 20.5. The minimum absolute atomic E-state index is 0.00856. The third kappa shape index (κ3) is 4.96. The first kappa shape index (κ1) is 25.3. The maximum atomic E-state index is 14.7. The molecule has 37 heavy (non-hydrogen) atoms. The molecule has 0 bridgehead atoms. The minimum atomic E-state index is -2.10. The van der Waals surface area contributed by atoms with Gasteiger partial charge in [0.1, 0.15) is 5.82 Å². The van der Waals surface area contributed by atoms with Crippen molar-refractivity contribution in [2.45, 2.75) is 64.3 Å². The molecule has 2 aromatic carbocycles. The molecule has 2 saturated heterocycles. The highest BCUT2D eigenvalue weighted by molar-refractivity contribution is 6.07. The third-order valence-electron chi connectivity index (χ3n) is 7.21. The molecule has 0 saturated carbocycles. The summed E-state index contributed by atoms with van der Waals surface area (Å²) in [5, 5.41) is 16.3. The van der Waals surface area contributed by atoms with E-state index >= 15 is 0 Å². The standard InChI is InChI=1S/C27H31FN4O5/c1-16-12-31(13-17(2)37-16)14-18-6-7-22(28)19(10-18)11-29-23-5-3-4-20-21(23)15-32(25(20)34)27(36)9-8-24(33)30-26(27)35/h3-7,10,16-17,29,36H,8-9,11-15H2,1-2H3,(H,30,33,35). The molecule has 3 aliphatic heterocycles. The van der Waals surface area contributed by atoms with Crippen LogP contribution in [0.15, 0.2) is 36.4 Å². The lowest BCUT2D eigenvalue weighted by molar-refractivity contribution is -0.167. The van der Waals surface area contributed by atoms with Crippen LogP contribution < -0.4 is 10.6 Å². The number of halogens is 1. The number of carbonyl (C=O) groups excluding carboxylic acids is 3. The van der Waals surface area contributed by atoms with Crippen molar-refractivity contribution in [3.05, 3.63) is 64.5 Å². The zero-order valence-electron chi connectivity index (χ0n) is 20.9. The molecule has 0 radical (unpaired) electrons. The number of aliphatic hydroxyl groups is 1. The second-order valence-electron chi connectivity index (χ2n) is 10.1. The normalized spacial score (nSPS) is 26.3. The van der Waals surface area contributed by atoms with Gasteiger partial charge in [-0.2, -0.15) is 0 Å². The Bertz CT molecular complexity index is 1240. The Morgan fingerprint density at radius 3 is 2.65 bits per heavy atom. The maximum Gasteiger partial charge on any atom is 0.279 e. The van der Waals surface area contributed by atoms with Crippen molar-refractivity contribution >= 4 is 23.4 Å². The number of imide groups is 1. The Balaban J connectivity index is 1.31.